The number of furan rings is 1. The van der Waals surface area contributed by atoms with E-state index in [1.807, 2.05) is 12.1 Å². The molecule has 2 heterocycles. The molecule has 0 spiro atoms. The Balaban J connectivity index is 2.07. The lowest BCUT2D eigenvalue weighted by molar-refractivity contribution is 0.518. The normalized spacial score (nSPS) is 10.2. The second-order valence-corrected chi connectivity index (χ2v) is 3.26. The van der Waals surface area contributed by atoms with Gasteiger partial charge in [0.25, 0.3) is 0 Å². The molecule has 0 amide bonds. The van der Waals surface area contributed by atoms with Gasteiger partial charge in [0.2, 0.25) is 5.95 Å². The minimum Gasteiger partial charge on any atom is -0.467 e. The lowest BCUT2D eigenvalue weighted by Crippen LogP contribution is -2.04. The number of nitrogens with two attached hydrogens (primary N) is 1. The number of anilines is 2. The first-order chi connectivity index (χ1) is 7.25. The second kappa shape index (κ2) is 4.18. The zero-order chi connectivity index (χ0) is 10.7. The summed E-state index contributed by atoms with van der Waals surface area (Å²) in [6, 6.07) is 3.67. The topological polar surface area (TPSA) is 77.0 Å². The monoisotopic (exact) mass is 224 g/mol. The maximum Gasteiger partial charge on any atom is 0.222 e. The fourth-order valence-electron chi connectivity index (χ4n) is 1.09. The summed E-state index contributed by atoms with van der Waals surface area (Å²) >= 11 is 5.86. The molecule has 2 rings (SSSR count). The Labute approximate surface area is 91.3 Å². The first kappa shape index (κ1) is 9.79. The zero-order valence-corrected chi connectivity index (χ0v) is 8.53. The summed E-state index contributed by atoms with van der Waals surface area (Å²) in [6.45, 7) is 0.503. The highest BCUT2D eigenvalue weighted by molar-refractivity contribution is 6.32. The van der Waals surface area contributed by atoms with Gasteiger partial charge in [-0.05, 0) is 12.1 Å². The van der Waals surface area contributed by atoms with Crippen LogP contribution in [0, 0.1) is 0 Å². The molecule has 0 atom stereocenters. The minimum atomic E-state index is 0.182. The molecule has 0 saturated carbocycles. The van der Waals surface area contributed by atoms with Crippen molar-refractivity contribution in [2.24, 2.45) is 0 Å². The predicted octanol–water partition coefficient (Wildman–Crippen LogP) is 1.92. The Morgan fingerprint density at radius 2 is 2.40 bits per heavy atom. The second-order valence-electron chi connectivity index (χ2n) is 2.86. The van der Waals surface area contributed by atoms with Gasteiger partial charge in [0.05, 0.1) is 19.0 Å². The molecule has 3 N–H and O–H groups in total. The Morgan fingerprint density at radius 3 is 3.13 bits per heavy atom. The van der Waals surface area contributed by atoms with Gasteiger partial charge in [-0.15, -0.1) is 0 Å². The molecule has 0 radical (unpaired) electrons. The molecule has 2 aromatic rings. The van der Waals surface area contributed by atoms with Gasteiger partial charge in [-0.2, -0.15) is 4.98 Å². The molecule has 15 heavy (non-hydrogen) atoms. The standard InChI is InChI=1S/C9H9ClN4O/c10-7-5-13-9(11)14-8(7)12-4-6-2-1-3-15-6/h1-3,5H,4H2,(H3,11,12,13,14). The van der Waals surface area contributed by atoms with Gasteiger partial charge in [-0.3, -0.25) is 0 Å². The summed E-state index contributed by atoms with van der Waals surface area (Å²) in [4.78, 5) is 7.71. The average molecular weight is 225 g/mol. The number of hydrogen-bond acceptors (Lipinski definition) is 5. The number of halogens is 1. The molecule has 2 aromatic heterocycles. The number of nitrogens with one attached hydrogen (secondary N) is 1. The summed E-state index contributed by atoms with van der Waals surface area (Å²) < 4.78 is 5.15. The molecule has 78 valence electrons. The third kappa shape index (κ3) is 2.38. The van der Waals surface area contributed by atoms with Crippen LogP contribution in [0.15, 0.2) is 29.0 Å². The van der Waals surface area contributed by atoms with E-state index in [1.165, 1.54) is 6.20 Å². The van der Waals surface area contributed by atoms with E-state index in [0.29, 0.717) is 17.4 Å². The fraction of sp³-hybridized carbons (Fsp3) is 0.111. The number of nitrogens with zero attached hydrogens (tertiary/aromatic N) is 2. The van der Waals surface area contributed by atoms with Gasteiger partial charge >= 0.3 is 0 Å². The zero-order valence-electron chi connectivity index (χ0n) is 7.77. The van der Waals surface area contributed by atoms with Crippen molar-refractivity contribution in [3.05, 3.63) is 35.4 Å². The van der Waals surface area contributed by atoms with Crippen molar-refractivity contribution in [2.45, 2.75) is 6.54 Å². The summed E-state index contributed by atoms with van der Waals surface area (Å²) in [5.74, 6) is 1.48. The molecule has 0 unspecified atom stereocenters. The number of hydrogen-bond donors (Lipinski definition) is 2. The van der Waals surface area contributed by atoms with Gasteiger partial charge in [0.15, 0.2) is 5.82 Å². The van der Waals surface area contributed by atoms with Gasteiger partial charge < -0.3 is 15.5 Å². The summed E-state index contributed by atoms with van der Waals surface area (Å²) in [7, 11) is 0. The van der Waals surface area contributed by atoms with Gasteiger partial charge in [0.1, 0.15) is 10.8 Å². The van der Waals surface area contributed by atoms with E-state index >= 15 is 0 Å². The Bertz CT molecular complexity index is 443. The van der Waals surface area contributed by atoms with Crippen molar-refractivity contribution in [3.63, 3.8) is 0 Å². The van der Waals surface area contributed by atoms with Crippen LogP contribution in [0.1, 0.15) is 5.76 Å². The van der Waals surface area contributed by atoms with Crippen molar-refractivity contribution in [1.82, 2.24) is 9.97 Å². The highest BCUT2D eigenvalue weighted by Gasteiger charge is 2.03. The van der Waals surface area contributed by atoms with E-state index in [2.05, 4.69) is 15.3 Å². The van der Waals surface area contributed by atoms with E-state index in [-0.39, 0.29) is 5.95 Å². The molecule has 0 aromatic carbocycles. The quantitative estimate of drug-likeness (QED) is 0.833. The molecule has 0 aliphatic carbocycles. The third-order valence-corrected chi connectivity index (χ3v) is 2.05. The van der Waals surface area contributed by atoms with Crippen molar-refractivity contribution in [3.8, 4) is 0 Å². The summed E-state index contributed by atoms with van der Waals surface area (Å²) in [5.41, 5.74) is 5.43. The Kier molecular flexibility index (Phi) is 2.73. The van der Waals surface area contributed by atoms with Crippen molar-refractivity contribution in [2.75, 3.05) is 11.1 Å². The molecule has 0 fully saturated rings. The van der Waals surface area contributed by atoms with Crippen LogP contribution in [0.5, 0.6) is 0 Å². The highest BCUT2D eigenvalue weighted by atomic mass is 35.5. The van der Waals surface area contributed by atoms with E-state index < -0.39 is 0 Å². The minimum absolute atomic E-state index is 0.182. The van der Waals surface area contributed by atoms with Crippen LogP contribution in [-0.2, 0) is 6.54 Å². The molecule has 0 aliphatic rings. The SMILES string of the molecule is Nc1ncc(Cl)c(NCc2ccco2)n1. The first-order valence-electron chi connectivity index (χ1n) is 4.30. The van der Waals surface area contributed by atoms with Crippen LogP contribution < -0.4 is 11.1 Å². The number of nitrogen functional groups attached to an aromatic ring is 1. The van der Waals surface area contributed by atoms with Crippen LogP contribution in [0.4, 0.5) is 11.8 Å². The van der Waals surface area contributed by atoms with Gasteiger partial charge in [0, 0.05) is 0 Å². The molecule has 0 aliphatic heterocycles. The molecule has 0 bridgehead atoms. The third-order valence-electron chi connectivity index (χ3n) is 1.77. The highest BCUT2D eigenvalue weighted by Crippen LogP contribution is 2.19. The van der Waals surface area contributed by atoms with Crippen LogP contribution >= 0.6 is 11.6 Å². The van der Waals surface area contributed by atoms with E-state index in [1.54, 1.807) is 6.26 Å². The average Bonchev–Trinajstić information content (AvgIpc) is 2.72. The lowest BCUT2D eigenvalue weighted by atomic mass is 10.4. The molecule has 0 saturated heterocycles. The Morgan fingerprint density at radius 1 is 1.53 bits per heavy atom. The summed E-state index contributed by atoms with van der Waals surface area (Å²) in [5, 5.41) is 3.43. The van der Waals surface area contributed by atoms with E-state index in [9.17, 15) is 0 Å². The molecular formula is C9H9ClN4O. The molecule has 5 nitrogen and oxygen atoms in total. The maximum atomic E-state index is 5.86. The van der Waals surface area contributed by atoms with Gasteiger partial charge in [-0.1, -0.05) is 11.6 Å². The van der Waals surface area contributed by atoms with Crippen LogP contribution in [0.2, 0.25) is 5.02 Å². The van der Waals surface area contributed by atoms with Crippen LogP contribution in [0.25, 0.3) is 0 Å². The summed E-state index contributed by atoms with van der Waals surface area (Å²) in [6.07, 6.45) is 3.06. The smallest absolute Gasteiger partial charge is 0.222 e. The number of aromatic nitrogens is 2. The largest absolute Gasteiger partial charge is 0.467 e. The first-order valence-corrected chi connectivity index (χ1v) is 4.68. The fourth-order valence-corrected chi connectivity index (χ4v) is 1.25. The van der Waals surface area contributed by atoms with Gasteiger partial charge in [-0.25, -0.2) is 4.98 Å². The lowest BCUT2D eigenvalue weighted by Gasteiger charge is -2.05. The predicted molar refractivity (Wildman–Crippen MR) is 57.5 cm³/mol. The van der Waals surface area contributed by atoms with E-state index in [0.717, 1.165) is 5.76 Å². The van der Waals surface area contributed by atoms with E-state index in [4.69, 9.17) is 21.8 Å². The van der Waals surface area contributed by atoms with Crippen molar-refractivity contribution >= 4 is 23.4 Å². The van der Waals surface area contributed by atoms with Crippen LogP contribution in [0.3, 0.4) is 0 Å². The van der Waals surface area contributed by atoms with Crippen molar-refractivity contribution < 1.29 is 4.42 Å². The molecule has 6 heteroatoms. The van der Waals surface area contributed by atoms with Crippen molar-refractivity contribution in [1.29, 1.82) is 0 Å². The Hall–Kier alpha value is -1.75. The van der Waals surface area contributed by atoms with Crippen LogP contribution in [-0.4, -0.2) is 9.97 Å². The number of rotatable bonds is 3. The maximum absolute atomic E-state index is 5.86. The molecular weight excluding hydrogens is 216 g/mol.